The van der Waals surface area contributed by atoms with E-state index < -0.39 is 0 Å². The molecule has 1 atom stereocenters. The van der Waals surface area contributed by atoms with Crippen LogP contribution in [-0.2, 0) is 0 Å². The van der Waals surface area contributed by atoms with Crippen molar-refractivity contribution in [3.8, 4) is 0 Å². The highest BCUT2D eigenvalue weighted by atomic mass is 79.9. The summed E-state index contributed by atoms with van der Waals surface area (Å²) in [6.07, 6.45) is 2.00. The van der Waals surface area contributed by atoms with E-state index in [4.69, 9.17) is 0 Å². The van der Waals surface area contributed by atoms with E-state index >= 15 is 0 Å². The molecule has 0 aromatic heterocycles. The lowest BCUT2D eigenvalue weighted by Crippen LogP contribution is -1.75. The van der Waals surface area contributed by atoms with Crippen molar-refractivity contribution in [2.24, 2.45) is 0 Å². The van der Waals surface area contributed by atoms with E-state index in [0.717, 1.165) is 0 Å². The number of hydrogen-bond acceptors (Lipinski definition) is 0. The molecule has 0 aliphatic heterocycles. The van der Waals surface area contributed by atoms with Gasteiger partial charge in [0.2, 0.25) is 0 Å². The Balaban J connectivity index is 3.03. The second kappa shape index (κ2) is 3.88. The molecule has 0 saturated carbocycles. The summed E-state index contributed by atoms with van der Waals surface area (Å²) >= 11 is 6.46. The van der Waals surface area contributed by atoms with Gasteiger partial charge in [-0.2, -0.15) is 0 Å². The molecule has 0 rings (SSSR count). The first kappa shape index (κ1) is 6.70. The average molecular weight is 214 g/mol. The van der Waals surface area contributed by atoms with E-state index in [1.54, 1.807) is 0 Å². The highest BCUT2D eigenvalue weighted by molar-refractivity contribution is 9.11. The van der Waals surface area contributed by atoms with Crippen LogP contribution >= 0.6 is 31.9 Å². The molecule has 0 spiro atoms. The zero-order valence-corrected chi connectivity index (χ0v) is 6.66. The summed E-state index contributed by atoms with van der Waals surface area (Å²) in [5, 5.41) is 0. The summed E-state index contributed by atoms with van der Waals surface area (Å²) in [5.41, 5.74) is 0. The Morgan fingerprint density at radius 1 is 1.67 bits per heavy atom. The molecule has 0 aromatic carbocycles. The van der Waals surface area contributed by atoms with Crippen LogP contribution in [0.1, 0.15) is 6.92 Å². The highest BCUT2D eigenvalue weighted by Gasteiger charge is 1.79. The molecular formula is C4H6Br2. The summed E-state index contributed by atoms with van der Waals surface area (Å²) in [5.74, 6) is 0. The van der Waals surface area contributed by atoms with Crippen LogP contribution in [0.25, 0.3) is 0 Å². The third-order valence-corrected chi connectivity index (χ3v) is 0.948. The highest BCUT2D eigenvalue weighted by Crippen LogP contribution is 1.99. The van der Waals surface area contributed by atoms with Gasteiger partial charge in [-0.3, -0.25) is 0 Å². The molecule has 6 heavy (non-hydrogen) atoms. The molecule has 2 heteroatoms. The number of alkyl halides is 1. The van der Waals surface area contributed by atoms with Crippen molar-refractivity contribution in [3.63, 3.8) is 0 Å². The fourth-order valence-corrected chi connectivity index (χ4v) is 1.12. The van der Waals surface area contributed by atoms with Crippen LogP contribution in [0.2, 0.25) is 0 Å². The van der Waals surface area contributed by atoms with Gasteiger partial charge < -0.3 is 0 Å². The Hall–Kier alpha value is 0.700. The largest absolute Gasteiger partial charge is 0.0848 e. The normalized spacial score (nSPS) is 15.8. The van der Waals surface area contributed by atoms with Crippen LogP contribution in [0.3, 0.4) is 0 Å². The molecule has 0 amide bonds. The van der Waals surface area contributed by atoms with Crippen molar-refractivity contribution in [3.05, 3.63) is 11.1 Å². The Kier molecular flexibility index (Phi) is 4.33. The van der Waals surface area contributed by atoms with Gasteiger partial charge >= 0.3 is 0 Å². The molecule has 0 saturated heterocycles. The summed E-state index contributed by atoms with van der Waals surface area (Å²) < 4.78 is 0. The molecule has 0 aliphatic rings. The van der Waals surface area contributed by atoms with Crippen LogP contribution in [0, 0.1) is 0 Å². The van der Waals surface area contributed by atoms with E-state index in [0.29, 0.717) is 4.83 Å². The first-order valence-electron chi connectivity index (χ1n) is 1.68. The lowest BCUT2D eigenvalue weighted by atomic mass is 10.5. The van der Waals surface area contributed by atoms with Crippen LogP contribution in [0.4, 0.5) is 0 Å². The second-order valence-corrected chi connectivity index (χ2v) is 2.97. The Morgan fingerprint density at radius 2 is 2.17 bits per heavy atom. The monoisotopic (exact) mass is 212 g/mol. The smallest absolute Gasteiger partial charge is 0.0305 e. The van der Waals surface area contributed by atoms with Crippen LogP contribution in [0.5, 0.6) is 0 Å². The molecule has 0 bridgehead atoms. The van der Waals surface area contributed by atoms with Gasteiger partial charge in [0.05, 0.1) is 0 Å². The minimum atomic E-state index is 0.483. The molecular weight excluding hydrogens is 208 g/mol. The molecule has 1 unspecified atom stereocenters. The zero-order chi connectivity index (χ0) is 4.99. The van der Waals surface area contributed by atoms with Gasteiger partial charge in [0.15, 0.2) is 0 Å². The first-order chi connectivity index (χ1) is 2.77. The fraction of sp³-hybridized carbons (Fsp3) is 0.500. The van der Waals surface area contributed by atoms with Gasteiger partial charge in [0, 0.05) is 4.83 Å². The number of halogens is 2. The van der Waals surface area contributed by atoms with Crippen LogP contribution in [0.15, 0.2) is 11.1 Å². The number of hydrogen-bond donors (Lipinski definition) is 0. The molecule has 0 fully saturated rings. The summed E-state index contributed by atoms with van der Waals surface area (Å²) in [6.45, 7) is 2.05. The quantitative estimate of drug-likeness (QED) is 0.588. The Morgan fingerprint density at radius 3 is 2.17 bits per heavy atom. The fourth-order valence-electron chi connectivity index (χ4n) is 0.100. The van der Waals surface area contributed by atoms with Crippen molar-refractivity contribution >= 4 is 31.9 Å². The number of allylic oxidation sites excluding steroid dienone is 1. The third-order valence-electron chi connectivity index (χ3n) is 0.338. The maximum atomic E-state index is 3.32. The zero-order valence-electron chi connectivity index (χ0n) is 3.49. The van der Waals surface area contributed by atoms with E-state index in [1.807, 2.05) is 11.1 Å². The predicted octanol–water partition coefficient (Wildman–Crippen LogP) is 2.68. The summed E-state index contributed by atoms with van der Waals surface area (Å²) in [4.78, 5) is 2.32. The SMILES string of the molecule is CC(Br)/C=C\Br. The van der Waals surface area contributed by atoms with Gasteiger partial charge in [0.25, 0.3) is 0 Å². The minimum Gasteiger partial charge on any atom is -0.0848 e. The van der Waals surface area contributed by atoms with Gasteiger partial charge in [-0.05, 0) is 11.9 Å². The second-order valence-electron chi connectivity index (χ2n) is 0.996. The van der Waals surface area contributed by atoms with Gasteiger partial charge in [-0.25, -0.2) is 0 Å². The summed E-state index contributed by atoms with van der Waals surface area (Å²) in [7, 11) is 0. The van der Waals surface area contributed by atoms with E-state index in [-0.39, 0.29) is 0 Å². The molecule has 0 N–H and O–H groups in total. The first-order valence-corrected chi connectivity index (χ1v) is 3.51. The maximum absolute atomic E-state index is 3.32. The minimum absolute atomic E-state index is 0.483. The average Bonchev–Trinajstić information content (AvgIpc) is 1.35. The Labute approximate surface area is 54.9 Å². The van der Waals surface area contributed by atoms with Crippen molar-refractivity contribution in [1.29, 1.82) is 0 Å². The molecule has 0 radical (unpaired) electrons. The lowest BCUT2D eigenvalue weighted by Gasteiger charge is -1.83. The Bertz CT molecular complexity index is 47.5. The van der Waals surface area contributed by atoms with Crippen molar-refractivity contribution in [1.82, 2.24) is 0 Å². The molecule has 0 heterocycles. The molecule has 0 nitrogen and oxygen atoms in total. The van der Waals surface area contributed by atoms with Crippen molar-refractivity contribution in [2.45, 2.75) is 11.8 Å². The standard InChI is InChI=1S/C4H6Br2/c1-4(6)2-3-5/h2-4H,1H3/b3-2-. The van der Waals surface area contributed by atoms with Gasteiger partial charge in [-0.15, -0.1) is 0 Å². The predicted molar refractivity (Wildman–Crippen MR) is 36.5 cm³/mol. The van der Waals surface area contributed by atoms with Crippen LogP contribution < -0.4 is 0 Å². The molecule has 0 aromatic rings. The van der Waals surface area contributed by atoms with E-state index in [9.17, 15) is 0 Å². The molecule has 0 aliphatic carbocycles. The third kappa shape index (κ3) is 4.70. The van der Waals surface area contributed by atoms with E-state index in [1.165, 1.54) is 0 Å². The van der Waals surface area contributed by atoms with Gasteiger partial charge in [-0.1, -0.05) is 37.9 Å². The maximum Gasteiger partial charge on any atom is 0.0305 e. The van der Waals surface area contributed by atoms with E-state index in [2.05, 4.69) is 38.8 Å². The summed E-state index contributed by atoms with van der Waals surface area (Å²) in [6, 6.07) is 0. The van der Waals surface area contributed by atoms with Crippen molar-refractivity contribution in [2.75, 3.05) is 0 Å². The van der Waals surface area contributed by atoms with Crippen molar-refractivity contribution < 1.29 is 0 Å². The lowest BCUT2D eigenvalue weighted by molar-refractivity contribution is 1.28. The molecule has 36 valence electrons. The van der Waals surface area contributed by atoms with Crippen LogP contribution in [-0.4, -0.2) is 4.83 Å². The number of rotatable bonds is 1. The van der Waals surface area contributed by atoms with Gasteiger partial charge in [0.1, 0.15) is 0 Å². The topological polar surface area (TPSA) is 0 Å².